The molecule has 7 nitrogen and oxygen atoms in total. The van der Waals surface area contributed by atoms with Gasteiger partial charge in [-0.1, -0.05) is 18.2 Å². The molecule has 124 valence electrons. The van der Waals surface area contributed by atoms with E-state index in [0.717, 1.165) is 16.7 Å². The molecule has 24 heavy (non-hydrogen) atoms. The van der Waals surface area contributed by atoms with Crippen LogP contribution < -0.4 is 10.6 Å². The van der Waals surface area contributed by atoms with Gasteiger partial charge in [0.05, 0.1) is 5.57 Å². The molecule has 0 bridgehead atoms. The number of hydrogen-bond donors (Lipinski definition) is 2. The third kappa shape index (κ3) is 3.90. The Balaban J connectivity index is 2.28. The van der Waals surface area contributed by atoms with Gasteiger partial charge in [-0.2, -0.15) is 0 Å². The van der Waals surface area contributed by atoms with Crippen LogP contribution in [-0.4, -0.2) is 33.5 Å². The predicted octanol–water partition coefficient (Wildman–Crippen LogP) is 1.04. The smallest absolute Gasteiger partial charge is 0.260 e. The predicted molar refractivity (Wildman–Crippen MR) is 90.8 cm³/mol. The molecule has 1 saturated heterocycles. The van der Waals surface area contributed by atoms with Gasteiger partial charge in [-0.25, -0.2) is 0 Å². The van der Waals surface area contributed by atoms with Crippen molar-refractivity contribution in [3.8, 4) is 0 Å². The van der Waals surface area contributed by atoms with Crippen LogP contribution in [-0.2, 0) is 19.2 Å². The Labute approximate surface area is 143 Å². The number of aryl methyl sites for hydroxylation is 1. The normalized spacial score (nSPS) is 15.2. The van der Waals surface area contributed by atoms with Crippen LogP contribution in [0.3, 0.4) is 0 Å². The summed E-state index contributed by atoms with van der Waals surface area (Å²) in [6.07, 6.45) is 0.654. The van der Waals surface area contributed by atoms with E-state index in [9.17, 15) is 19.2 Å². The molecule has 8 heteroatoms. The molecule has 0 radical (unpaired) electrons. The van der Waals surface area contributed by atoms with Gasteiger partial charge >= 0.3 is 0 Å². The Morgan fingerprint density at radius 1 is 1.29 bits per heavy atom. The summed E-state index contributed by atoms with van der Waals surface area (Å²) in [7, 11) is 0. The van der Waals surface area contributed by atoms with Crippen LogP contribution in [0.15, 0.2) is 36.0 Å². The second-order valence-electron chi connectivity index (χ2n) is 5.16. The van der Waals surface area contributed by atoms with Crippen molar-refractivity contribution in [2.45, 2.75) is 20.3 Å². The molecule has 0 aromatic heterocycles. The maximum absolute atomic E-state index is 12.4. The average Bonchev–Trinajstić information content (AvgIpc) is 2.48. The summed E-state index contributed by atoms with van der Waals surface area (Å²) in [5.41, 5.74) is 1.13. The topological polar surface area (TPSA) is 95.6 Å². The Morgan fingerprint density at radius 3 is 2.54 bits per heavy atom. The first-order valence-corrected chi connectivity index (χ1v) is 7.46. The van der Waals surface area contributed by atoms with Crippen molar-refractivity contribution in [1.29, 1.82) is 0 Å². The molecule has 1 aromatic carbocycles. The first-order chi connectivity index (χ1) is 11.3. The quantitative estimate of drug-likeness (QED) is 0.368. The fourth-order valence-electron chi connectivity index (χ4n) is 2.03. The van der Waals surface area contributed by atoms with E-state index < -0.39 is 29.9 Å². The number of Topliss-reactive ketones (excluding diaryl/α,β-unsaturated/α-hetero) is 1. The lowest BCUT2D eigenvalue weighted by Gasteiger charge is -2.24. The number of ketones is 1. The van der Waals surface area contributed by atoms with E-state index in [0.29, 0.717) is 5.69 Å². The SMILES string of the molecule is CC(=O)/C(=C\N1C(=O)CC(=O)NC1=S)C(=O)Nc1ccccc1C. The molecule has 1 fully saturated rings. The van der Waals surface area contributed by atoms with Crippen molar-refractivity contribution in [2.24, 2.45) is 0 Å². The minimum absolute atomic E-state index is 0.168. The van der Waals surface area contributed by atoms with Crippen LogP contribution in [0.1, 0.15) is 18.9 Å². The lowest BCUT2D eigenvalue weighted by molar-refractivity contribution is -0.133. The van der Waals surface area contributed by atoms with E-state index >= 15 is 0 Å². The van der Waals surface area contributed by atoms with Crippen molar-refractivity contribution in [1.82, 2.24) is 10.2 Å². The molecule has 1 aromatic rings. The maximum Gasteiger partial charge on any atom is 0.260 e. The summed E-state index contributed by atoms with van der Waals surface area (Å²) in [6, 6.07) is 7.08. The molecule has 0 atom stereocenters. The molecule has 0 spiro atoms. The summed E-state index contributed by atoms with van der Waals surface area (Å²) >= 11 is 4.91. The minimum Gasteiger partial charge on any atom is -0.322 e. The first-order valence-electron chi connectivity index (χ1n) is 7.05. The number of thiocarbonyl (C=S) groups is 1. The molecule has 0 saturated carbocycles. The van der Waals surface area contributed by atoms with E-state index in [4.69, 9.17) is 12.2 Å². The first kappa shape index (κ1) is 17.5. The lowest BCUT2D eigenvalue weighted by Crippen LogP contribution is -2.50. The van der Waals surface area contributed by atoms with E-state index in [2.05, 4.69) is 10.6 Å². The van der Waals surface area contributed by atoms with Gasteiger partial charge in [0.15, 0.2) is 10.9 Å². The number of amides is 3. The number of carbonyl (C=O) groups is 4. The summed E-state index contributed by atoms with van der Waals surface area (Å²) in [6.45, 7) is 3.02. The van der Waals surface area contributed by atoms with Gasteiger partial charge in [-0.05, 0) is 37.7 Å². The molecule has 1 heterocycles. The monoisotopic (exact) mass is 345 g/mol. The van der Waals surface area contributed by atoms with Crippen molar-refractivity contribution < 1.29 is 19.2 Å². The third-order valence-electron chi connectivity index (χ3n) is 3.32. The van der Waals surface area contributed by atoms with Gasteiger partial charge in [-0.3, -0.25) is 24.1 Å². The van der Waals surface area contributed by atoms with Crippen molar-refractivity contribution in [3.05, 3.63) is 41.6 Å². The Morgan fingerprint density at radius 2 is 1.96 bits per heavy atom. The fraction of sp³-hybridized carbons (Fsp3) is 0.188. The van der Waals surface area contributed by atoms with Gasteiger partial charge in [0, 0.05) is 11.9 Å². The highest BCUT2D eigenvalue weighted by atomic mass is 32.1. The Hall–Kier alpha value is -2.87. The van der Waals surface area contributed by atoms with Crippen LogP contribution in [0.5, 0.6) is 0 Å². The van der Waals surface area contributed by atoms with Crippen molar-refractivity contribution in [3.63, 3.8) is 0 Å². The molecule has 2 rings (SSSR count). The molecule has 2 N–H and O–H groups in total. The standard InChI is InChI=1S/C16H15N3O4S/c1-9-5-3-4-6-12(9)17-15(23)11(10(2)20)8-19-14(22)7-13(21)18-16(19)24/h3-6,8H,7H2,1-2H3,(H,17,23)(H,18,21,24)/b11-8+. The van der Waals surface area contributed by atoms with Crippen LogP contribution in [0.2, 0.25) is 0 Å². The third-order valence-corrected chi connectivity index (χ3v) is 3.62. The number of nitrogens with zero attached hydrogens (tertiary/aromatic N) is 1. The highest BCUT2D eigenvalue weighted by Crippen LogP contribution is 2.15. The molecule has 0 aliphatic carbocycles. The van der Waals surface area contributed by atoms with Crippen LogP contribution in [0.4, 0.5) is 5.69 Å². The number of carbonyl (C=O) groups excluding carboxylic acids is 4. The largest absolute Gasteiger partial charge is 0.322 e. The molecular formula is C16H15N3O4S. The zero-order valence-electron chi connectivity index (χ0n) is 13.1. The average molecular weight is 345 g/mol. The van der Waals surface area contributed by atoms with Gasteiger partial charge in [0.25, 0.3) is 5.91 Å². The summed E-state index contributed by atoms with van der Waals surface area (Å²) in [5.74, 6) is -2.33. The second kappa shape index (κ2) is 7.14. The molecule has 1 aliphatic rings. The Kier molecular flexibility index (Phi) is 5.20. The van der Waals surface area contributed by atoms with Gasteiger partial charge < -0.3 is 10.6 Å². The molecular weight excluding hydrogens is 330 g/mol. The van der Waals surface area contributed by atoms with E-state index in [-0.39, 0.29) is 10.7 Å². The zero-order valence-corrected chi connectivity index (χ0v) is 13.9. The highest BCUT2D eigenvalue weighted by molar-refractivity contribution is 7.80. The lowest BCUT2D eigenvalue weighted by atomic mass is 10.1. The highest BCUT2D eigenvalue weighted by Gasteiger charge is 2.28. The number of nitrogens with one attached hydrogen (secondary N) is 2. The van der Waals surface area contributed by atoms with Gasteiger partial charge in [0.2, 0.25) is 11.8 Å². The van der Waals surface area contributed by atoms with E-state index in [1.165, 1.54) is 6.92 Å². The summed E-state index contributed by atoms with van der Waals surface area (Å²) < 4.78 is 0. The number of rotatable bonds is 4. The number of hydrogen-bond acceptors (Lipinski definition) is 5. The van der Waals surface area contributed by atoms with Crippen LogP contribution in [0.25, 0.3) is 0 Å². The van der Waals surface area contributed by atoms with Gasteiger partial charge in [0.1, 0.15) is 6.42 Å². The Bertz CT molecular complexity index is 765. The number of para-hydroxylation sites is 1. The summed E-state index contributed by atoms with van der Waals surface area (Å²) in [4.78, 5) is 48.3. The molecule has 3 amide bonds. The van der Waals surface area contributed by atoms with Crippen LogP contribution >= 0.6 is 12.2 Å². The van der Waals surface area contributed by atoms with Crippen molar-refractivity contribution in [2.75, 3.05) is 5.32 Å². The van der Waals surface area contributed by atoms with Crippen molar-refractivity contribution >= 4 is 46.5 Å². The second-order valence-corrected chi connectivity index (χ2v) is 5.55. The number of anilines is 1. The summed E-state index contributed by atoms with van der Waals surface area (Å²) in [5, 5.41) is 4.77. The molecule has 1 aliphatic heterocycles. The van der Waals surface area contributed by atoms with E-state index in [1.807, 2.05) is 19.1 Å². The van der Waals surface area contributed by atoms with Crippen LogP contribution in [0, 0.1) is 6.92 Å². The zero-order chi connectivity index (χ0) is 17.9. The minimum atomic E-state index is -0.663. The van der Waals surface area contributed by atoms with Gasteiger partial charge in [-0.15, -0.1) is 0 Å². The number of benzene rings is 1. The fourth-order valence-corrected chi connectivity index (χ4v) is 2.30. The van der Waals surface area contributed by atoms with E-state index in [1.54, 1.807) is 12.1 Å². The molecule has 0 unspecified atom stereocenters. The maximum atomic E-state index is 12.4.